The first-order valence-corrected chi connectivity index (χ1v) is 9.74. The number of nitrogens with zero attached hydrogens (tertiary/aromatic N) is 2. The van der Waals surface area contributed by atoms with Gasteiger partial charge in [-0.2, -0.15) is 0 Å². The zero-order valence-electron chi connectivity index (χ0n) is 16.4. The number of rotatable bonds is 2. The Kier molecular flexibility index (Phi) is 6.72. The maximum Gasteiger partial charge on any atom is 0.410 e. The highest BCUT2D eigenvalue weighted by Crippen LogP contribution is 2.25. The van der Waals surface area contributed by atoms with E-state index in [1.807, 2.05) is 27.7 Å². The average molecular weight is 444 g/mol. The van der Waals surface area contributed by atoms with Gasteiger partial charge in [0, 0.05) is 31.9 Å². The SMILES string of the molecule is Cc1cc(Br)c(F)cc1NC(=O)N1CCC(N(C)C(=O)OC(C)(C)C)CC1. The molecule has 1 heterocycles. The summed E-state index contributed by atoms with van der Waals surface area (Å²) < 4.78 is 19.5. The molecule has 0 spiro atoms. The van der Waals surface area contributed by atoms with Crippen LogP contribution in [0.1, 0.15) is 39.2 Å². The minimum absolute atomic E-state index is 0.0239. The fraction of sp³-hybridized carbons (Fsp3) is 0.579. The molecule has 0 aromatic heterocycles. The second-order valence-electron chi connectivity index (χ2n) is 7.82. The smallest absolute Gasteiger partial charge is 0.410 e. The average Bonchev–Trinajstić information content (AvgIpc) is 2.57. The van der Waals surface area contributed by atoms with Gasteiger partial charge in [0.15, 0.2) is 0 Å². The minimum Gasteiger partial charge on any atom is -0.444 e. The number of urea groups is 1. The van der Waals surface area contributed by atoms with Gasteiger partial charge in [0.2, 0.25) is 0 Å². The number of carbonyl (C=O) groups excluding carboxylic acids is 2. The number of benzene rings is 1. The molecule has 1 fully saturated rings. The van der Waals surface area contributed by atoms with Crippen molar-refractivity contribution >= 4 is 33.7 Å². The molecule has 27 heavy (non-hydrogen) atoms. The number of nitrogens with one attached hydrogen (secondary N) is 1. The summed E-state index contributed by atoms with van der Waals surface area (Å²) in [4.78, 5) is 28.0. The summed E-state index contributed by atoms with van der Waals surface area (Å²) in [5, 5.41) is 2.77. The van der Waals surface area contributed by atoms with Gasteiger partial charge in [0.05, 0.1) is 4.47 Å². The third-order valence-corrected chi connectivity index (χ3v) is 5.10. The highest BCUT2D eigenvalue weighted by Gasteiger charge is 2.30. The van der Waals surface area contributed by atoms with Crippen LogP contribution in [0.3, 0.4) is 0 Å². The molecule has 1 aromatic rings. The van der Waals surface area contributed by atoms with Crippen LogP contribution in [-0.2, 0) is 4.74 Å². The summed E-state index contributed by atoms with van der Waals surface area (Å²) in [6, 6.07) is 2.70. The Balaban J connectivity index is 1.91. The van der Waals surface area contributed by atoms with Gasteiger partial charge in [-0.3, -0.25) is 0 Å². The van der Waals surface area contributed by atoms with Crippen molar-refractivity contribution in [1.29, 1.82) is 0 Å². The van der Waals surface area contributed by atoms with E-state index < -0.39 is 11.4 Å². The minimum atomic E-state index is -0.538. The van der Waals surface area contributed by atoms with Gasteiger partial charge in [-0.05, 0) is 74.2 Å². The molecule has 8 heteroatoms. The van der Waals surface area contributed by atoms with Crippen molar-refractivity contribution in [2.24, 2.45) is 0 Å². The van der Waals surface area contributed by atoms with E-state index in [-0.39, 0.29) is 18.2 Å². The van der Waals surface area contributed by atoms with Crippen LogP contribution in [0.15, 0.2) is 16.6 Å². The second-order valence-corrected chi connectivity index (χ2v) is 8.68. The molecule has 0 saturated carbocycles. The number of carbonyl (C=O) groups is 2. The van der Waals surface area contributed by atoms with Crippen molar-refractivity contribution in [1.82, 2.24) is 9.80 Å². The number of hydrogen-bond donors (Lipinski definition) is 1. The van der Waals surface area contributed by atoms with Gasteiger partial charge in [0.1, 0.15) is 11.4 Å². The first kappa shape index (κ1) is 21.5. The highest BCUT2D eigenvalue weighted by atomic mass is 79.9. The van der Waals surface area contributed by atoms with Gasteiger partial charge in [0.25, 0.3) is 0 Å². The van der Waals surface area contributed by atoms with Crippen molar-refractivity contribution < 1.29 is 18.7 Å². The molecule has 1 aromatic carbocycles. The molecule has 0 unspecified atom stereocenters. The zero-order chi connectivity index (χ0) is 20.4. The monoisotopic (exact) mass is 443 g/mol. The first-order valence-electron chi connectivity index (χ1n) is 8.95. The highest BCUT2D eigenvalue weighted by molar-refractivity contribution is 9.10. The number of ether oxygens (including phenoxy) is 1. The Morgan fingerprint density at radius 2 is 1.89 bits per heavy atom. The summed E-state index contributed by atoms with van der Waals surface area (Å²) in [6.45, 7) is 8.33. The Bertz CT molecular complexity index is 713. The van der Waals surface area contributed by atoms with Gasteiger partial charge >= 0.3 is 12.1 Å². The lowest BCUT2D eigenvalue weighted by molar-refractivity contribution is 0.0170. The first-order chi connectivity index (χ1) is 12.5. The van der Waals surface area contributed by atoms with Crippen molar-refractivity contribution in [3.63, 3.8) is 0 Å². The van der Waals surface area contributed by atoms with E-state index in [1.54, 1.807) is 22.9 Å². The van der Waals surface area contributed by atoms with Gasteiger partial charge in [-0.25, -0.2) is 14.0 Å². The molecule has 6 nitrogen and oxygen atoms in total. The zero-order valence-corrected chi connectivity index (χ0v) is 18.0. The van der Waals surface area contributed by atoms with E-state index in [0.717, 1.165) is 5.56 Å². The van der Waals surface area contributed by atoms with Crippen LogP contribution in [0.5, 0.6) is 0 Å². The number of piperidine rings is 1. The fourth-order valence-electron chi connectivity index (χ4n) is 2.91. The number of anilines is 1. The fourth-order valence-corrected chi connectivity index (χ4v) is 3.37. The van der Waals surface area contributed by atoms with Crippen LogP contribution >= 0.6 is 15.9 Å². The molecule has 0 atom stereocenters. The van der Waals surface area contributed by atoms with Crippen molar-refractivity contribution in [2.45, 2.75) is 52.2 Å². The second kappa shape index (κ2) is 8.46. The molecule has 0 bridgehead atoms. The third-order valence-electron chi connectivity index (χ3n) is 4.49. The standard InChI is InChI=1S/C19H27BrFN3O3/c1-12-10-14(20)15(21)11-16(12)22-17(25)24-8-6-13(7-9-24)23(5)18(26)27-19(2,3)4/h10-11,13H,6-9H2,1-5H3,(H,22,25). The van der Waals surface area contributed by atoms with Gasteiger partial charge in [-0.1, -0.05) is 0 Å². The topological polar surface area (TPSA) is 61.9 Å². The molecule has 2 rings (SSSR count). The van der Waals surface area contributed by atoms with E-state index in [0.29, 0.717) is 36.1 Å². The summed E-state index contributed by atoms with van der Waals surface area (Å²) in [5.74, 6) is -0.423. The van der Waals surface area contributed by atoms with E-state index in [4.69, 9.17) is 4.74 Å². The molecule has 0 radical (unpaired) electrons. The molecule has 1 aliphatic rings. The van der Waals surface area contributed by atoms with Crippen LogP contribution in [0.25, 0.3) is 0 Å². The van der Waals surface area contributed by atoms with Crippen molar-refractivity contribution in [3.8, 4) is 0 Å². The van der Waals surface area contributed by atoms with E-state index >= 15 is 0 Å². The summed E-state index contributed by atoms with van der Waals surface area (Å²) >= 11 is 3.13. The van der Waals surface area contributed by atoms with Gasteiger partial charge in [-0.15, -0.1) is 0 Å². The van der Waals surface area contributed by atoms with E-state index in [1.165, 1.54) is 6.07 Å². The molecule has 1 aliphatic heterocycles. The maximum atomic E-state index is 13.7. The number of amides is 3. The predicted molar refractivity (Wildman–Crippen MR) is 106 cm³/mol. The van der Waals surface area contributed by atoms with E-state index in [9.17, 15) is 14.0 Å². The molecular weight excluding hydrogens is 417 g/mol. The van der Waals surface area contributed by atoms with Crippen LogP contribution in [0, 0.1) is 12.7 Å². The third kappa shape index (κ3) is 5.82. The predicted octanol–water partition coefficient (Wildman–Crippen LogP) is 4.76. The summed E-state index contributed by atoms with van der Waals surface area (Å²) in [5.41, 5.74) is 0.689. The number of likely N-dealkylation sites (tertiary alicyclic amines) is 1. The van der Waals surface area contributed by atoms with Gasteiger partial charge < -0.3 is 19.9 Å². The Labute approximate surface area is 168 Å². The molecule has 1 N–H and O–H groups in total. The van der Waals surface area contributed by atoms with Crippen LogP contribution in [0.2, 0.25) is 0 Å². The Morgan fingerprint density at radius 3 is 2.44 bits per heavy atom. The van der Waals surface area contributed by atoms with Crippen LogP contribution < -0.4 is 5.32 Å². The van der Waals surface area contributed by atoms with Crippen LogP contribution in [-0.4, -0.2) is 53.7 Å². The molecule has 0 aliphatic carbocycles. The molecule has 3 amide bonds. The summed E-state index contributed by atoms with van der Waals surface area (Å²) in [6.07, 6.45) is 0.972. The maximum absolute atomic E-state index is 13.7. The van der Waals surface area contributed by atoms with Crippen molar-refractivity contribution in [3.05, 3.63) is 28.0 Å². The lowest BCUT2D eigenvalue weighted by atomic mass is 10.0. The molecular formula is C19H27BrFN3O3. The quantitative estimate of drug-likeness (QED) is 0.716. The van der Waals surface area contributed by atoms with Crippen molar-refractivity contribution in [2.75, 3.05) is 25.5 Å². The Hall–Kier alpha value is -1.83. The lowest BCUT2D eigenvalue weighted by Crippen LogP contribution is -2.49. The normalized spacial score (nSPS) is 15.4. The summed E-state index contributed by atoms with van der Waals surface area (Å²) in [7, 11) is 1.72. The molecule has 150 valence electrons. The number of halogens is 2. The number of hydrogen-bond acceptors (Lipinski definition) is 3. The largest absolute Gasteiger partial charge is 0.444 e. The van der Waals surface area contributed by atoms with Crippen LogP contribution in [0.4, 0.5) is 19.7 Å². The Morgan fingerprint density at radius 1 is 1.30 bits per heavy atom. The molecule has 1 saturated heterocycles. The van der Waals surface area contributed by atoms with E-state index in [2.05, 4.69) is 21.2 Å². The lowest BCUT2D eigenvalue weighted by Gasteiger charge is -2.37. The number of aryl methyl sites for hydroxylation is 1.